The van der Waals surface area contributed by atoms with Crippen molar-refractivity contribution >= 4 is 5.91 Å². The zero-order chi connectivity index (χ0) is 18.8. The van der Waals surface area contributed by atoms with Crippen LogP contribution in [0.2, 0.25) is 0 Å². The van der Waals surface area contributed by atoms with Gasteiger partial charge in [0.1, 0.15) is 17.7 Å². The van der Waals surface area contributed by atoms with Crippen molar-refractivity contribution in [3.05, 3.63) is 71.6 Å². The van der Waals surface area contributed by atoms with Crippen LogP contribution in [0.15, 0.2) is 53.1 Å². The van der Waals surface area contributed by atoms with E-state index < -0.39 is 0 Å². The number of hydrogen-bond donors (Lipinski definition) is 0. The Morgan fingerprint density at radius 1 is 1.15 bits per heavy atom. The van der Waals surface area contributed by atoms with Crippen LogP contribution in [0.3, 0.4) is 0 Å². The molecule has 27 heavy (non-hydrogen) atoms. The third kappa shape index (κ3) is 3.72. The summed E-state index contributed by atoms with van der Waals surface area (Å²) in [5.74, 6) is -0.0926. The molecule has 3 aromatic rings. The van der Waals surface area contributed by atoms with Crippen LogP contribution < -0.4 is 0 Å². The minimum absolute atomic E-state index is 0.107. The molecule has 1 atom stereocenters. The van der Waals surface area contributed by atoms with Crippen molar-refractivity contribution in [1.29, 1.82) is 0 Å². The van der Waals surface area contributed by atoms with E-state index in [9.17, 15) is 13.6 Å². The van der Waals surface area contributed by atoms with Crippen LogP contribution in [-0.2, 0) is 11.2 Å². The summed E-state index contributed by atoms with van der Waals surface area (Å²) in [5, 5.41) is 3.95. The van der Waals surface area contributed by atoms with Crippen molar-refractivity contribution in [2.24, 2.45) is 0 Å². The molecule has 0 bridgehead atoms. The fourth-order valence-corrected chi connectivity index (χ4v) is 3.33. The minimum atomic E-state index is -0.362. The summed E-state index contributed by atoms with van der Waals surface area (Å²) in [7, 11) is 0. The van der Waals surface area contributed by atoms with E-state index in [1.54, 1.807) is 29.2 Å². The van der Waals surface area contributed by atoms with E-state index in [1.165, 1.54) is 24.3 Å². The highest BCUT2D eigenvalue weighted by atomic mass is 19.1. The Bertz CT molecular complexity index is 956. The summed E-state index contributed by atoms with van der Waals surface area (Å²) in [6.07, 6.45) is 1.67. The van der Waals surface area contributed by atoms with E-state index >= 15 is 0 Å². The molecule has 0 radical (unpaired) electrons. The Balaban J connectivity index is 1.51. The van der Waals surface area contributed by atoms with Gasteiger partial charge in [-0.25, -0.2) is 8.78 Å². The molecule has 1 aliphatic rings. The summed E-state index contributed by atoms with van der Waals surface area (Å²) in [6, 6.07) is 11.5. The van der Waals surface area contributed by atoms with E-state index in [4.69, 9.17) is 4.52 Å². The van der Waals surface area contributed by atoms with Crippen molar-refractivity contribution < 1.29 is 18.1 Å². The molecule has 1 saturated heterocycles. The molecule has 1 amide bonds. The maximum Gasteiger partial charge on any atom is 0.249 e. The van der Waals surface area contributed by atoms with Gasteiger partial charge in [-0.15, -0.1) is 0 Å². The average molecular weight is 369 g/mol. The molecule has 7 heteroatoms. The Morgan fingerprint density at radius 3 is 2.74 bits per heavy atom. The summed E-state index contributed by atoms with van der Waals surface area (Å²) >= 11 is 0. The Labute approximate surface area is 154 Å². The first-order valence-corrected chi connectivity index (χ1v) is 8.73. The predicted octanol–water partition coefficient (Wildman–Crippen LogP) is 3.92. The highest BCUT2D eigenvalue weighted by molar-refractivity contribution is 5.79. The van der Waals surface area contributed by atoms with Gasteiger partial charge in [0.25, 0.3) is 0 Å². The lowest BCUT2D eigenvalue weighted by atomic mass is 10.1. The molecule has 1 aliphatic heterocycles. The minimum Gasteiger partial charge on any atom is -0.337 e. The first-order chi connectivity index (χ1) is 13.1. The highest BCUT2D eigenvalue weighted by Gasteiger charge is 2.34. The van der Waals surface area contributed by atoms with Crippen LogP contribution in [0, 0.1) is 11.6 Å². The van der Waals surface area contributed by atoms with Crippen molar-refractivity contribution in [2.45, 2.75) is 25.3 Å². The third-order valence-corrected chi connectivity index (χ3v) is 4.65. The number of amides is 1. The standard InChI is InChI=1S/C20H17F2N3O2/c21-15-8-6-14(7-9-15)19-23-20(27-24-19)17-5-2-10-25(17)18(26)12-13-3-1-4-16(22)11-13/h1,3-4,6-9,11,17H,2,5,10,12H2. The smallest absolute Gasteiger partial charge is 0.249 e. The van der Waals surface area contributed by atoms with Gasteiger partial charge in [-0.3, -0.25) is 4.79 Å². The predicted molar refractivity (Wildman–Crippen MR) is 93.5 cm³/mol. The van der Waals surface area contributed by atoms with Gasteiger partial charge in [0.15, 0.2) is 0 Å². The second kappa shape index (κ2) is 7.26. The van der Waals surface area contributed by atoms with E-state index in [0.29, 0.717) is 29.4 Å². The maximum atomic E-state index is 13.3. The van der Waals surface area contributed by atoms with Gasteiger partial charge < -0.3 is 9.42 Å². The van der Waals surface area contributed by atoms with Crippen molar-refractivity contribution in [3.63, 3.8) is 0 Å². The quantitative estimate of drug-likeness (QED) is 0.699. The molecule has 2 aromatic carbocycles. The van der Waals surface area contributed by atoms with Crippen molar-refractivity contribution in [2.75, 3.05) is 6.54 Å². The molecule has 1 fully saturated rings. The van der Waals surface area contributed by atoms with E-state index in [2.05, 4.69) is 10.1 Å². The van der Waals surface area contributed by atoms with E-state index in [0.717, 1.165) is 12.8 Å². The number of halogens is 2. The highest BCUT2D eigenvalue weighted by Crippen LogP contribution is 2.32. The van der Waals surface area contributed by atoms with Gasteiger partial charge in [-0.1, -0.05) is 17.3 Å². The maximum absolute atomic E-state index is 13.3. The summed E-state index contributed by atoms with van der Waals surface area (Å²) < 4.78 is 31.8. The number of rotatable bonds is 4. The zero-order valence-electron chi connectivity index (χ0n) is 14.4. The zero-order valence-corrected chi connectivity index (χ0v) is 14.4. The lowest BCUT2D eigenvalue weighted by Crippen LogP contribution is -2.32. The van der Waals surface area contributed by atoms with Gasteiger partial charge in [-0.2, -0.15) is 4.98 Å². The number of hydrogen-bond acceptors (Lipinski definition) is 4. The lowest BCUT2D eigenvalue weighted by molar-refractivity contribution is -0.131. The Hall–Kier alpha value is -3.09. The number of aromatic nitrogens is 2. The summed E-state index contributed by atoms with van der Waals surface area (Å²) in [6.45, 7) is 0.590. The normalized spacial score (nSPS) is 16.7. The number of carbonyl (C=O) groups is 1. The number of benzene rings is 2. The number of carbonyl (C=O) groups excluding carboxylic acids is 1. The van der Waals surface area contributed by atoms with E-state index in [-0.39, 0.29) is 30.0 Å². The lowest BCUT2D eigenvalue weighted by Gasteiger charge is -2.21. The van der Waals surface area contributed by atoms with Crippen LogP contribution in [0.5, 0.6) is 0 Å². The molecule has 1 aromatic heterocycles. The van der Waals surface area contributed by atoms with Crippen LogP contribution >= 0.6 is 0 Å². The molecule has 138 valence electrons. The first kappa shape index (κ1) is 17.3. The fraction of sp³-hybridized carbons (Fsp3) is 0.250. The second-order valence-electron chi connectivity index (χ2n) is 6.51. The van der Waals surface area contributed by atoms with Crippen molar-refractivity contribution in [1.82, 2.24) is 15.0 Å². The van der Waals surface area contributed by atoms with Crippen LogP contribution in [-0.4, -0.2) is 27.5 Å². The largest absolute Gasteiger partial charge is 0.337 e. The van der Waals surface area contributed by atoms with Crippen LogP contribution in [0.1, 0.15) is 30.3 Å². The van der Waals surface area contributed by atoms with Crippen LogP contribution in [0.25, 0.3) is 11.4 Å². The Morgan fingerprint density at radius 2 is 1.96 bits per heavy atom. The third-order valence-electron chi connectivity index (χ3n) is 4.65. The van der Waals surface area contributed by atoms with E-state index in [1.807, 2.05) is 0 Å². The van der Waals surface area contributed by atoms with Gasteiger partial charge in [0.05, 0.1) is 6.42 Å². The molecule has 0 spiro atoms. The number of likely N-dealkylation sites (tertiary alicyclic amines) is 1. The molecule has 0 aliphatic carbocycles. The Kier molecular flexibility index (Phi) is 4.66. The molecule has 2 heterocycles. The topological polar surface area (TPSA) is 59.2 Å². The number of nitrogens with zero attached hydrogens (tertiary/aromatic N) is 3. The fourth-order valence-electron chi connectivity index (χ4n) is 3.33. The summed E-state index contributed by atoms with van der Waals surface area (Å²) in [4.78, 5) is 18.8. The summed E-state index contributed by atoms with van der Waals surface area (Å²) in [5.41, 5.74) is 1.27. The first-order valence-electron chi connectivity index (χ1n) is 8.73. The molecule has 1 unspecified atom stereocenters. The van der Waals surface area contributed by atoms with Gasteiger partial charge in [0.2, 0.25) is 17.6 Å². The monoisotopic (exact) mass is 369 g/mol. The molecular formula is C20H17F2N3O2. The molecule has 4 rings (SSSR count). The molecule has 5 nitrogen and oxygen atoms in total. The van der Waals surface area contributed by atoms with Gasteiger partial charge in [0, 0.05) is 12.1 Å². The second-order valence-corrected chi connectivity index (χ2v) is 6.51. The van der Waals surface area contributed by atoms with Gasteiger partial charge in [-0.05, 0) is 54.8 Å². The average Bonchev–Trinajstić information content (AvgIpc) is 3.31. The molecule has 0 saturated carbocycles. The SMILES string of the molecule is O=C(Cc1cccc(F)c1)N1CCCC1c1nc(-c2ccc(F)cc2)no1. The van der Waals surface area contributed by atoms with Crippen molar-refractivity contribution in [3.8, 4) is 11.4 Å². The van der Waals surface area contributed by atoms with Crippen LogP contribution in [0.4, 0.5) is 8.78 Å². The molecular weight excluding hydrogens is 352 g/mol. The molecule has 0 N–H and O–H groups in total. The van der Waals surface area contributed by atoms with Gasteiger partial charge >= 0.3 is 0 Å².